The summed E-state index contributed by atoms with van der Waals surface area (Å²) < 4.78 is 10.9. The van der Waals surface area contributed by atoms with Crippen LogP contribution in [0.25, 0.3) is 10.9 Å². The summed E-state index contributed by atoms with van der Waals surface area (Å²) in [6, 6.07) is 5.53. The highest BCUT2D eigenvalue weighted by atomic mass is 16.6. The first-order chi connectivity index (χ1) is 22.0. The Morgan fingerprint density at radius 2 is 1.63 bits per heavy atom. The minimum atomic E-state index is -1.17. The van der Waals surface area contributed by atoms with Gasteiger partial charge in [0.2, 0.25) is 5.91 Å². The molecule has 0 unspecified atom stereocenters. The molecular formula is C31H39N5O10. The number of nitrogens with one attached hydrogen (secondary N) is 1. The molecule has 1 atom stereocenters. The molecule has 1 aromatic carbocycles. The fourth-order valence-corrected chi connectivity index (χ4v) is 5.45. The van der Waals surface area contributed by atoms with Crippen LogP contribution in [-0.4, -0.2) is 124 Å². The van der Waals surface area contributed by atoms with E-state index in [4.69, 9.17) is 9.47 Å². The number of ether oxygens (including phenoxy) is 2. The van der Waals surface area contributed by atoms with E-state index < -0.39 is 41.8 Å². The molecule has 2 fully saturated rings. The van der Waals surface area contributed by atoms with Gasteiger partial charge in [0.15, 0.2) is 6.61 Å². The van der Waals surface area contributed by atoms with Crippen molar-refractivity contribution in [3.8, 4) is 5.75 Å². The number of benzene rings is 1. The number of piperidine rings is 1. The molecule has 46 heavy (non-hydrogen) atoms. The average Bonchev–Trinajstić information content (AvgIpc) is 3.04. The van der Waals surface area contributed by atoms with Crippen molar-refractivity contribution in [2.45, 2.75) is 45.6 Å². The molecule has 4 rings (SSSR count). The van der Waals surface area contributed by atoms with E-state index in [-0.39, 0.29) is 69.6 Å². The number of carboxylic acid groups (broad SMARTS) is 2. The fourth-order valence-electron chi connectivity index (χ4n) is 5.45. The first kappa shape index (κ1) is 33.9. The highest BCUT2D eigenvalue weighted by Gasteiger charge is 2.32. The summed E-state index contributed by atoms with van der Waals surface area (Å²) in [5.74, 6) is -3.82. The van der Waals surface area contributed by atoms with Gasteiger partial charge in [-0.05, 0) is 50.8 Å². The SMILES string of the molecule is CCOC(=O)N1CCN(C(=O)[C@H](CCC(=O)O)NC(=O)c2cc(OCC(=O)N3CCC(C(=O)O)CC3)c3ccc(C)cc3n2)CC1. The molecule has 2 saturated heterocycles. The second-order valence-corrected chi connectivity index (χ2v) is 11.3. The Morgan fingerprint density at radius 1 is 0.957 bits per heavy atom. The molecule has 0 radical (unpaired) electrons. The normalized spacial score (nSPS) is 16.1. The van der Waals surface area contributed by atoms with Crippen LogP contribution >= 0.6 is 0 Å². The van der Waals surface area contributed by atoms with Crippen molar-refractivity contribution in [1.82, 2.24) is 25.0 Å². The Labute approximate surface area is 265 Å². The van der Waals surface area contributed by atoms with Crippen molar-refractivity contribution in [1.29, 1.82) is 0 Å². The summed E-state index contributed by atoms with van der Waals surface area (Å²) in [6.07, 6.45) is -0.312. The van der Waals surface area contributed by atoms with Crippen LogP contribution in [0.2, 0.25) is 0 Å². The van der Waals surface area contributed by atoms with E-state index in [9.17, 15) is 39.0 Å². The average molecular weight is 642 g/mol. The number of aryl methyl sites for hydroxylation is 1. The van der Waals surface area contributed by atoms with Crippen molar-refractivity contribution in [3.63, 3.8) is 0 Å². The zero-order chi connectivity index (χ0) is 33.4. The summed E-state index contributed by atoms with van der Waals surface area (Å²) >= 11 is 0. The predicted molar refractivity (Wildman–Crippen MR) is 162 cm³/mol. The topological polar surface area (TPSA) is 196 Å². The first-order valence-electron chi connectivity index (χ1n) is 15.2. The Kier molecular flexibility index (Phi) is 11.3. The molecule has 3 heterocycles. The Hall–Kier alpha value is -4.95. The zero-order valence-electron chi connectivity index (χ0n) is 25.9. The highest BCUT2D eigenvalue weighted by molar-refractivity contribution is 5.99. The third-order valence-electron chi connectivity index (χ3n) is 8.08. The zero-order valence-corrected chi connectivity index (χ0v) is 25.9. The number of pyridine rings is 1. The molecule has 0 saturated carbocycles. The van der Waals surface area contributed by atoms with Gasteiger partial charge in [-0.2, -0.15) is 0 Å². The van der Waals surface area contributed by atoms with Crippen molar-refractivity contribution < 1.29 is 48.5 Å². The van der Waals surface area contributed by atoms with Gasteiger partial charge in [-0.15, -0.1) is 0 Å². The van der Waals surface area contributed by atoms with Crippen LogP contribution in [0.5, 0.6) is 5.75 Å². The van der Waals surface area contributed by atoms with Crippen molar-refractivity contribution in [2.75, 3.05) is 52.5 Å². The van der Waals surface area contributed by atoms with Gasteiger partial charge < -0.3 is 39.7 Å². The molecule has 0 spiro atoms. The lowest BCUT2D eigenvalue weighted by Gasteiger charge is -2.35. The Balaban J connectivity index is 1.49. The van der Waals surface area contributed by atoms with Gasteiger partial charge in [-0.3, -0.25) is 24.0 Å². The minimum Gasteiger partial charge on any atom is -0.483 e. The van der Waals surface area contributed by atoms with Gasteiger partial charge in [0.1, 0.15) is 17.5 Å². The van der Waals surface area contributed by atoms with Crippen LogP contribution in [0.4, 0.5) is 4.79 Å². The lowest BCUT2D eigenvalue weighted by molar-refractivity contribution is -0.146. The second kappa shape index (κ2) is 15.4. The van der Waals surface area contributed by atoms with E-state index in [2.05, 4.69) is 10.3 Å². The number of likely N-dealkylation sites (tertiary alicyclic amines) is 1. The number of carbonyl (C=O) groups is 6. The number of hydrogen-bond acceptors (Lipinski definition) is 9. The van der Waals surface area contributed by atoms with Crippen molar-refractivity contribution in [2.24, 2.45) is 5.92 Å². The van der Waals surface area contributed by atoms with Crippen LogP contribution in [0, 0.1) is 12.8 Å². The maximum absolute atomic E-state index is 13.5. The number of carboxylic acids is 2. The van der Waals surface area contributed by atoms with Crippen LogP contribution in [0.3, 0.4) is 0 Å². The molecule has 248 valence electrons. The van der Waals surface area contributed by atoms with Crippen molar-refractivity contribution in [3.05, 3.63) is 35.5 Å². The molecule has 2 aliphatic rings. The number of aliphatic carboxylic acids is 2. The summed E-state index contributed by atoms with van der Waals surface area (Å²) in [4.78, 5) is 83.5. The van der Waals surface area contributed by atoms with Gasteiger partial charge in [-0.1, -0.05) is 6.07 Å². The van der Waals surface area contributed by atoms with E-state index >= 15 is 0 Å². The number of hydrogen-bond donors (Lipinski definition) is 3. The number of nitrogens with zero attached hydrogens (tertiary/aromatic N) is 4. The summed E-state index contributed by atoms with van der Waals surface area (Å²) in [6.45, 7) is 4.85. The Bertz CT molecular complexity index is 1480. The van der Waals surface area contributed by atoms with E-state index in [0.717, 1.165) is 5.56 Å². The maximum atomic E-state index is 13.5. The predicted octanol–water partition coefficient (Wildman–Crippen LogP) is 1.51. The quantitative estimate of drug-likeness (QED) is 0.322. The van der Waals surface area contributed by atoms with E-state index in [1.807, 2.05) is 13.0 Å². The minimum absolute atomic E-state index is 0.0944. The molecule has 1 aromatic heterocycles. The van der Waals surface area contributed by atoms with Gasteiger partial charge in [-0.25, -0.2) is 9.78 Å². The van der Waals surface area contributed by atoms with Crippen LogP contribution in [0.1, 0.15) is 48.7 Å². The number of carbonyl (C=O) groups excluding carboxylic acids is 4. The highest BCUT2D eigenvalue weighted by Crippen LogP contribution is 2.27. The molecule has 2 aliphatic heterocycles. The molecule has 3 N–H and O–H groups in total. The third kappa shape index (κ3) is 8.61. The summed E-state index contributed by atoms with van der Waals surface area (Å²) in [7, 11) is 0. The number of rotatable bonds is 11. The standard InChI is InChI=1S/C31H39N5O10/c1-3-45-31(44)36-14-12-35(13-15-36)29(41)22(6-7-27(38)39)33-28(40)24-17-25(21-5-4-19(2)16-23(21)32-24)46-18-26(37)34-10-8-20(9-11-34)30(42)43/h4-5,16-17,20,22H,3,6-15,18H2,1-2H3,(H,33,40)(H,38,39)(H,42,43)/t22-/m0/s1. The van der Waals surface area contributed by atoms with Gasteiger partial charge in [0, 0.05) is 57.1 Å². The van der Waals surface area contributed by atoms with Crippen LogP contribution in [0.15, 0.2) is 24.3 Å². The second-order valence-electron chi connectivity index (χ2n) is 11.3. The molecule has 4 amide bonds. The molecule has 15 heteroatoms. The van der Waals surface area contributed by atoms with Gasteiger partial charge >= 0.3 is 18.0 Å². The number of piperazine rings is 1. The van der Waals surface area contributed by atoms with E-state index in [1.165, 1.54) is 15.9 Å². The van der Waals surface area contributed by atoms with Gasteiger partial charge in [0.05, 0.1) is 18.0 Å². The number of fused-ring (bicyclic) bond motifs is 1. The monoisotopic (exact) mass is 641 g/mol. The largest absolute Gasteiger partial charge is 0.483 e. The summed E-state index contributed by atoms with van der Waals surface area (Å²) in [5, 5.41) is 21.7. The van der Waals surface area contributed by atoms with Gasteiger partial charge in [0.25, 0.3) is 11.8 Å². The molecule has 0 bridgehead atoms. The number of amides is 4. The smallest absolute Gasteiger partial charge is 0.409 e. The van der Waals surface area contributed by atoms with E-state index in [1.54, 1.807) is 24.0 Å². The molecule has 0 aliphatic carbocycles. The molecule has 2 aromatic rings. The molecular weight excluding hydrogens is 602 g/mol. The Morgan fingerprint density at radius 3 is 2.26 bits per heavy atom. The fraction of sp³-hybridized carbons (Fsp3) is 0.516. The maximum Gasteiger partial charge on any atom is 0.409 e. The number of aromatic nitrogens is 1. The van der Waals surface area contributed by atoms with E-state index in [0.29, 0.717) is 36.8 Å². The van der Waals surface area contributed by atoms with Crippen LogP contribution < -0.4 is 10.1 Å². The molecule has 15 nitrogen and oxygen atoms in total. The first-order valence-corrected chi connectivity index (χ1v) is 15.2. The van der Waals surface area contributed by atoms with Crippen LogP contribution in [-0.2, 0) is 23.9 Å². The lowest BCUT2D eigenvalue weighted by Crippen LogP contribution is -2.56. The lowest BCUT2D eigenvalue weighted by atomic mass is 9.97. The summed E-state index contributed by atoms with van der Waals surface area (Å²) in [5.41, 5.74) is 1.18. The third-order valence-corrected chi connectivity index (χ3v) is 8.08. The van der Waals surface area contributed by atoms with Crippen molar-refractivity contribution >= 4 is 46.7 Å².